The van der Waals surface area contributed by atoms with Crippen LogP contribution in [0, 0.1) is 19.3 Å². The normalized spacial score (nSPS) is 11.6. The van der Waals surface area contributed by atoms with E-state index in [0.717, 1.165) is 11.3 Å². The topological polar surface area (TPSA) is 3.24 Å². The molecular formula is C17H17N. The molecule has 18 heavy (non-hydrogen) atoms. The van der Waals surface area contributed by atoms with Gasteiger partial charge in [0.25, 0.3) is 0 Å². The number of anilines is 1. The Bertz CT molecular complexity index is 534. The lowest BCUT2D eigenvalue weighted by atomic mass is 10.1. The van der Waals surface area contributed by atoms with Gasteiger partial charge in [0.2, 0.25) is 0 Å². The minimum absolute atomic E-state index is 0.0334. The molecule has 0 bridgehead atoms. The molecule has 0 saturated heterocycles. The van der Waals surface area contributed by atoms with Gasteiger partial charge in [-0.25, -0.2) is 0 Å². The highest BCUT2D eigenvalue weighted by atomic mass is 15.1. The maximum atomic E-state index is 5.68. The van der Waals surface area contributed by atoms with Gasteiger partial charge in [-0.2, -0.15) is 0 Å². The Morgan fingerprint density at radius 2 is 1.61 bits per heavy atom. The minimum Gasteiger partial charge on any atom is -0.357 e. The van der Waals surface area contributed by atoms with E-state index in [1.54, 1.807) is 0 Å². The van der Waals surface area contributed by atoms with Crippen molar-refractivity contribution in [2.45, 2.75) is 13.0 Å². The zero-order valence-corrected chi connectivity index (χ0v) is 10.8. The maximum Gasteiger partial charge on any atom is 0.115 e. The van der Waals surface area contributed by atoms with Gasteiger partial charge >= 0.3 is 0 Å². The lowest BCUT2D eigenvalue weighted by molar-refractivity contribution is 0.835. The molecule has 0 aliphatic carbocycles. The molecule has 1 nitrogen and oxygen atoms in total. The second kappa shape index (κ2) is 5.42. The first-order valence-corrected chi connectivity index (χ1v) is 6.03. The summed E-state index contributed by atoms with van der Waals surface area (Å²) in [6.07, 6.45) is 5.68. The van der Waals surface area contributed by atoms with Crippen molar-refractivity contribution in [1.29, 1.82) is 0 Å². The van der Waals surface area contributed by atoms with Crippen molar-refractivity contribution in [3.8, 4) is 12.3 Å². The smallest absolute Gasteiger partial charge is 0.115 e. The number of terminal acetylenes is 1. The summed E-state index contributed by atoms with van der Waals surface area (Å²) >= 11 is 0. The van der Waals surface area contributed by atoms with Crippen LogP contribution < -0.4 is 4.90 Å². The summed E-state index contributed by atoms with van der Waals surface area (Å²) in [5.41, 5.74) is 3.53. The summed E-state index contributed by atoms with van der Waals surface area (Å²) in [4.78, 5) is 2.12. The highest BCUT2D eigenvalue weighted by Gasteiger charge is 2.14. The molecule has 0 saturated carbocycles. The second-order valence-corrected chi connectivity index (χ2v) is 4.43. The monoisotopic (exact) mass is 235 g/mol. The molecule has 0 amide bonds. The van der Waals surface area contributed by atoms with Crippen molar-refractivity contribution in [1.82, 2.24) is 0 Å². The molecule has 0 aromatic heterocycles. The summed E-state index contributed by atoms with van der Waals surface area (Å²) in [5.74, 6) is 2.86. The SMILES string of the molecule is C#C[C@@H](c1ccccc1)N(C)c1ccc(C)cc1. The predicted molar refractivity (Wildman–Crippen MR) is 77.6 cm³/mol. The van der Waals surface area contributed by atoms with Gasteiger partial charge < -0.3 is 4.90 Å². The van der Waals surface area contributed by atoms with E-state index in [2.05, 4.69) is 54.1 Å². The van der Waals surface area contributed by atoms with E-state index in [1.807, 2.05) is 25.2 Å². The summed E-state index contributed by atoms with van der Waals surface area (Å²) in [7, 11) is 2.03. The van der Waals surface area contributed by atoms with Crippen LogP contribution in [-0.2, 0) is 0 Å². The Hall–Kier alpha value is -2.20. The van der Waals surface area contributed by atoms with Crippen LogP contribution in [0.2, 0.25) is 0 Å². The molecule has 0 N–H and O–H groups in total. The van der Waals surface area contributed by atoms with E-state index in [-0.39, 0.29) is 6.04 Å². The largest absolute Gasteiger partial charge is 0.357 e. The van der Waals surface area contributed by atoms with E-state index >= 15 is 0 Å². The number of aryl methyl sites for hydroxylation is 1. The number of benzene rings is 2. The summed E-state index contributed by atoms with van der Waals surface area (Å²) < 4.78 is 0. The van der Waals surface area contributed by atoms with Crippen LogP contribution in [0.5, 0.6) is 0 Å². The Labute approximate surface area is 109 Å². The van der Waals surface area contributed by atoms with Crippen molar-refractivity contribution in [2.75, 3.05) is 11.9 Å². The maximum absolute atomic E-state index is 5.68. The van der Waals surface area contributed by atoms with Crippen LogP contribution >= 0.6 is 0 Å². The van der Waals surface area contributed by atoms with Gasteiger partial charge in [0, 0.05) is 12.7 Å². The first-order chi connectivity index (χ1) is 8.72. The van der Waals surface area contributed by atoms with Crippen LogP contribution in [0.1, 0.15) is 17.2 Å². The number of nitrogens with zero attached hydrogens (tertiary/aromatic N) is 1. The number of hydrogen-bond acceptors (Lipinski definition) is 1. The van der Waals surface area contributed by atoms with E-state index < -0.39 is 0 Å². The molecule has 0 spiro atoms. The zero-order valence-electron chi connectivity index (χ0n) is 10.8. The number of hydrogen-bond donors (Lipinski definition) is 0. The first kappa shape index (κ1) is 12.3. The van der Waals surface area contributed by atoms with Crippen molar-refractivity contribution in [3.05, 3.63) is 65.7 Å². The van der Waals surface area contributed by atoms with Crippen LogP contribution in [0.4, 0.5) is 5.69 Å². The van der Waals surface area contributed by atoms with Crippen LogP contribution in [0.25, 0.3) is 0 Å². The molecule has 2 aromatic rings. The van der Waals surface area contributed by atoms with Crippen LogP contribution in [0.15, 0.2) is 54.6 Å². The van der Waals surface area contributed by atoms with Crippen molar-refractivity contribution < 1.29 is 0 Å². The lowest BCUT2D eigenvalue weighted by Crippen LogP contribution is -2.22. The Balaban J connectivity index is 2.29. The average Bonchev–Trinajstić information content (AvgIpc) is 2.41. The molecular weight excluding hydrogens is 218 g/mol. The van der Waals surface area contributed by atoms with Crippen LogP contribution in [0.3, 0.4) is 0 Å². The van der Waals surface area contributed by atoms with Gasteiger partial charge in [0.1, 0.15) is 6.04 Å². The third kappa shape index (κ3) is 2.55. The van der Waals surface area contributed by atoms with Gasteiger partial charge in [-0.1, -0.05) is 53.9 Å². The Morgan fingerprint density at radius 3 is 2.17 bits per heavy atom. The fourth-order valence-electron chi connectivity index (χ4n) is 2.00. The highest BCUT2D eigenvalue weighted by Crippen LogP contribution is 2.25. The standard InChI is InChI=1S/C17H17N/c1-4-17(15-8-6-5-7-9-15)18(3)16-12-10-14(2)11-13-16/h1,5-13,17H,2-3H3/t17-/m0/s1. The Kier molecular flexibility index (Phi) is 3.69. The predicted octanol–water partition coefficient (Wildman–Crippen LogP) is 3.81. The van der Waals surface area contributed by atoms with Gasteiger partial charge in [0.15, 0.2) is 0 Å². The van der Waals surface area contributed by atoms with Gasteiger partial charge in [0.05, 0.1) is 0 Å². The van der Waals surface area contributed by atoms with E-state index in [1.165, 1.54) is 5.56 Å². The van der Waals surface area contributed by atoms with Crippen molar-refractivity contribution >= 4 is 5.69 Å². The van der Waals surface area contributed by atoms with E-state index in [4.69, 9.17) is 6.42 Å². The Morgan fingerprint density at radius 1 is 1.00 bits per heavy atom. The first-order valence-electron chi connectivity index (χ1n) is 6.03. The molecule has 0 aliphatic rings. The van der Waals surface area contributed by atoms with Gasteiger partial charge in [-0.15, -0.1) is 6.42 Å². The zero-order chi connectivity index (χ0) is 13.0. The molecule has 0 fully saturated rings. The second-order valence-electron chi connectivity index (χ2n) is 4.43. The molecule has 1 atom stereocenters. The van der Waals surface area contributed by atoms with E-state index in [9.17, 15) is 0 Å². The van der Waals surface area contributed by atoms with Crippen LogP contribution in [-0.4, -0.2) is 7.05 Å². The minimum atomic E-state index is -0.0334. The van der Waals surface area contributed by atoms with Crippen molar-refractivity contribution in [2.24, 2.45) is 0 Å². The van der Waals surface area contributed by atoms with E-state index in [0.29, 0.717) is 0 Å². The molecule has 2 rings (SSSR count). The lowest BCUT2D eigenvalue weighted by Gasteiger charge is -2.26. The average molecular weight is 235 g/mol. The molecule has 0 radical (unpaired) electrons. The molecule has 90 valence electrons. The molecule has 1 heteroatoms. The molecule has 0 aliphatic heterocycles. The fourth-order valence-corrected chi connectivity index (χ4v) is 2.00. The third-order valence-corrected chi connectivity index (χ3v) is 3.10. The summed E-state index contributed by atoms with van der Waals surface area (Å²) in [6, 6.07) is 18.5. The third-order valence-electron chi connectivity index (χ3n) is 3.10. The quantitative estimate of drug-likeness (QED) is 0.731. The highest BCUT2D eigenvalue weighted by molar-refractivity contribution is 5.51. The van der Waals surface area contributed by atoms with Crippen molar-refractivity contribution in [3.63, 3.8) is 0 Å². The molecule has 0 unspecified atom stereocenters. The molecule has 2 aromatic carbocycles. The summed E-state index contributed by atoms with van der Waals surface area (Å²) in [5, 5.41) is 0. The van der Waals surface area contributed by atoms with Gasteiger partial charge in [-0.3, -0.25) is 0 Å². The number of rotatable bonds is 3. The van der Waals surface area contributed by atoms with Gasteiger partial charge in [-0.05, 0) is 24.6 Å². The summed E-state index contributed by atoms with van der Waals surface area (Å²) in [6.45, 7) is 2.08. The fraction of sp³-hybridized carbons (Fsp3) is 0.176. The molecule has 0 heterocycles.